The topological polar surface area (TPSA) is 257 Å². The van der Waals surface area contributed by atoms with Gasteiger partial charge in [-0.25, -0.2) is 0 Å². The average Bonchev–Trinajstić information content (AvgIpc) is 4.41. The first-order chi connectivity index (χ1) is 38.8. The molecule has 16 aliphatic heterocycles. The van der Waals surface area contributed by atoms with Crippen LogP contribution < -0.4 is 0 Å². The number of fused-ring (bicyclic) bond motifs is 10. The standard InChI is InChI=1S/C60H86O21/c1-25-13-32-7-9-36-26(2)14-34(67-36)11-12-59-56(65)60(66)55(81-59)54-53(80-60)52(79-59)51-37(71-54)10-8-33(69-51)16-46(64)74-50-30(6)49-42(70-41(50)17-38(68-32)29(25)5)19-40-44(73-49)22-58(75-40)23-45-48(78-58)28(4)21-57(77-45)20-27(3)47-43(76-57)18-39(72-47)35(63)15-31(62)24-61/h25,27-28,30-45,47-56,61-63,65-66H,2,5,7-24H2,1,3-4,6H3/t25-,27+,28+,30+,31-,32+,33-,34+,35+,36+,37+,38-,39+,40-,41+,42+,43+,44-,45+,47+,48+,49+,50-,51+,52+,53+,54?,55?,56+,57-,58-,59-,60-/m1/s1. The quantitative estimate of drug-likeness (QED) is 0.200. The highest BCUT2D eigenvalue weighted by Gasteiger charge is 2.79. The molecule has 16 rings (SSSR count). The van der Waals surface area contributed by atoms with Crippen LogP contribution >= 0.6 is 0 Å². The van der Waals surface area contributed by atoms with Gasteiger partial charge in [0.1, 0.15) is 36.6 Å². The van der Waals surface area contributed by atoms with Crippen molar-refractivity contribution in [1.29, 1.82) is 0 Å². The van der Waals surface area contributed by atoms with Gasteiger partial charge in [0.15, 0.2) is 17.7 Å². The van der Waals surface area contributed by atoms with Crippen LogP contribution in [0, 0.1) is 23.7 Å². The monoisotopic (exact) mass is 1140 g/mol. The third-order valence-electron chi connectivity index (χ3n) is 22.2. The van der Waals surface area contributed by atoms with Crippen LogP contribution in [-0.2, 0) is 75.8 Å². The fourth-order valence-electron chi connectivity index (χ4n) is 18.2. The second-order valence-electron chi connectivity index (χ2n) is 27.8. The fourth-order valence-corrected chi connectivity index (χ4v) is 18.2. The smallest absolute Gasteiger partial charge is 0.308 e. The third kappa shape index (κ3) is 9.28. The Kier molecular flexibility index (Phi) is 14.0. The molecule has 16 aliphatic rings. The van der Waals surface area contributed by atoms with E-state index in [0.717, 1.165) is 24.0 Å². The van der Waals surface area contributed by atoms with Crippen LogP contribution in [0.15, 0.2) is 24.3 Å². The van der Waals surface area contributed by atoms with E-state index in [1.54, 1.807) is 0 Å². The molecule has 21 heteroatoms. The van der Waals surface area contributed by atoms with Crippen LogP contribution in [0.25, 0.3) is 0 Å². The molecule has 12 bridgehead atoms. The van der Waals surface area contributed by atoms with Crippen molar-refractivity contribution in [3.05, 3.63) is 24.3 Å². The van der Waals surface area contributed by atoms with Crippen LogP contribution in [0.2, 0.25) is 0 Å². The van der Waals surface area contributed by atoms with E-state index < -0.39 is 121 Å². The normalized spacial score (nSPS) is 57.9. The van der Waals surface area contributed by atoms with Crippen molar-refractivity contribution in [3.63, 3.8) is 0 Å². The molecule has 33 atom stereocenters. The molecule has 16 saturated heterocycles. The van der Waals surface area contributed by atoms with E-state index in [1.165, 1.54) is 0 Å². The molecule has 452 valence electrons. The van der Waals surface area contributed by atoms with E-state index in [-0.39, 0.29) is 110 Å². The molecule has 0 saturated carbocycles. The summed E-state index contributed by atoms with van der Waals surface area (Å²) in [6.07, 6.45) is -5.06. The minimum absolute atomic E-state index is 0.0207. The Morgan fingerprint density at radius 3 is 2.10 bits per heavy atom. The maximum atomic E-state index is 14.6. The van der Waals surface area contributed by atoms with Gasteiger partial charge in [0, 0.05) is 63.7 Å². The summed E-state index contributed by atoms with van der Waals surface area (Å²) in [5.41, 5.74) is 1.99. The molecular weight excluding hydrogens is 1060 g/mol. The minimum Gasteiger partial charge on any atom is -0.459 e. The van der Waals surface area contributed by atoms with Crippen molar-refractivity contribution in [2.45, 2.75) is 313 Å². The Morgan fingerprint density at radius 1 is 0.568 bits per heavy atom. The van der Waals surface area contributed by atoms with Crippen molar-refractivity contribution in [2.75, 3.05) is 6.61 Å². The summed E-state index contributed by atoms with van der Waals surface area (Å²) in [7, 11) is 0. The lowest BCUT2D eigenvalue weighted by molar-refractivity contribution is -0.347. The number of carbonyl (C=O) groups excluding carboxylic acids is 1. The second-order valence-corrected chi connectivity index (χ2v) is 27.8. The number of ether oxygens (including phenoxy) is 15. The predicted molar refractivity (Wildman–Crippen MR) is 276 cm³/mol. The molecule has 16 heterocycles. The molecule has 21 nitrogen and oxygen atoms in total. The van der Waals surface area contributed by atoms with Crippen molar-refractivity contribution in [1.82, 2.24) is 0 Å². The van der Waals surface area contributed by atoms with Gasteiger partial charge in [-0.1, -0.05) is 40.9 Å². The van der Waals surface area contributed by atoms with E-state index in [9.17, 15) is 30.3 Å². The first-order valence-electron chi connectivity index (χ1n) is 31.0. The Morgan fingerprint density at radius 2 is 1.27 bits per heavy atom. The molecule has 2 unspecified atom stereocenters. The first-order valence-corrected chi connectivity index (χ1v) is 31.0. The summed E-state index contributed by atoms with van der Waals surface area (Å²) >= 11 is 0. The minimum atomic E-state index is -2.03. The van der Waals surface area contributed by atoms with Crippen molar-refractivity contribution in [3.8, 4) is 0 Å². The number of aliphatic hydroxyl groups excluding tert-OH is 4. The molecule has 0 radical (unpaired) electrons. The average molecular weight is 1140 g/mol. The van der Waals surface area contributed by atoms with Gasteiger partial charge in [-0.2, -0.15) is 0 Å². The SMILES string of the molecule is C=C1C[C@@H]2CC[C@]34OC5C6O[C@H]7CC[C@H](CC(=O)O[C@@H]8[C@@H](C)[C@@H]9O[C@@H]%10C[C@@]%11(C[C@@H]%12O[C@]%13(C[C@H](C)[C@@H]%14O[C@H]([C@@H](O)C[C@@H](O)CO)C[C@@H]%14O%13)C[C@H](C)[C@@H]%12O%11)O[C@@H]%10C[C@@H]9O[C@H]8C[C@H]8O[C@@H](CC[C@@H]1O2)C[C@@H](C)C8=C)O[C@@H]7[C@H](O3)[C@@H]6O[C@@]5(O)[C@H]4O. The highest BCUT2D eigenvalue weighted by Crippen LogP contribution is 2.60. The van der Waals surface area contributed by atoms with E-state index in [1.807, 2.05) is 0 Å². The Bertz CT molecular complexity index is 2430. The summed E-state index contributed by atoms with van der Waals surface area (Å²) in [4.78, 5) is 14.6. The molecule has 5 N–H and O–H groups in total. The molecule has 0 aromatic carbocycles. The number of rotatable bonds is 4. The van der Waals surface area contributed by atoms with E-state index in [2.05, 4.69) is 40.9 Å². The summed E-state index contributed by atoms with van der Waals surface area (Å²) in [6.45, 7) is 17.2. The fraction of sp³-hybridized carbons (Fsp3) is 0.917. The molecule has 0 aliphatic carbocycles. The van der Waals surface area contributed by atoms with Gasteiger partial charge in [-0.05, 0) is 73.8 Å². The maximum absolute atomic E-state index is 14.6. The number of carbonyl (C=O) groups is 1. The summed E-state index contributed by atoms with van der Waals surface area (Å²) < 4.78 is 102. The first kappa shape index (κ1) is 55.7. The van der Waals surface area contributed by atoms with Crippen LogP contribution in [0.4, 0.5) is 0 Å². The lowest BCUT2D eigenvalue weighted by Gasteiger charge is -2.50. The Hall–Kier alpha value is -1.81. The van der Waals surface area contributed by atoms with Crippen molar-refractivity contribution >= 4 is 5.97 Å². The van der Waals surface area contributed by atoms with Gasteiger partial charge in [0.2, 0.25) is 11.6 Å². The van der Waals surface area contributed by atoms with Crippen LogP contribution in [0.5, 0.6) is 0 Å². The number of aliphatic hydroxyl groups is 5. The van der Waals surface area contributed by atoms with Gasteiger partial charge >= 0.3 is 5.97 Å². The van der Waals surface area contributed by atoms with E-state index >= 15 is 0 Å². The zero-order chi connectivity index (χ0) is 55.8. The molecule has 0 aromatic heterocycles. The molecule has 81 heavy (non-hydrogen) atoms. The third-order valence-corrected chi connectivity index (χ3v) is 22.2. The van der Waals surface area contributed by atoms with Gasteiger partial charge in [-0.15, -0.1) is 0 Å². The van der Waals surface area contributed by atoms with E-state index in [4.69, 9.17) is 71.1 Å². The van der Waals surface area contributed by atoms with Gasteiger partial charge in [-0.3, -0.25) is 4.79 Å². The van der Waals surface area contributed by atoms with Crippen LogP contribution in [0.1, 0.15) is 137 Å². The Labute approximate surface area is 473 Å². The van der Waals surface area contributed by atoms with Gasteiger partial charge in [0.05, 0.1) is 123 Å². The maximum Gasteiger partial charge on any atom is 0.308 e. The zero-order valence-corrected chi connectivity index (χ0v) is 47.2. The molecular formula is C60H86O21. The number of hydrogen-bond donors (Lipinski definition) is 5. The molecule has 0 aromatic rings. The molecule has 16 fully saturated rings. The highest BCUT2D eigenvalue weighted by atomic mass is 16.8. The van der Waals surface area contributed by atoms with Crippen molar-refractivity contribution < 1.29 is 101 Å². The summed E-state index contributed by atoms with van der Waals surface area (Å²) in [5.74, 6) is -5.84. The Balaban J connectivity index is 0.660. The van der Waals surface area contributed by atoms with E-state index in [0.29, 0.717) is 77.0 Å². The van der Waals surface area contributed by atoms with Crippen LogP contribution in [0.3, 0.4) is 0 Å². The number of esters is 1. The summed E-state index contributed by atoms with van der Waals surface area (Å²) in [6, 6.07) is 0. The lowest BCUT2D eigenvalue weighted by atomic mass is 9.79. The molecule has 0 amide bonds. The number of hydrogen-bond acceptors (Lipinski definition) is 21. The van der Waals surface area contributed by atoms with Gasteiger partial charge in [0.25, 0.3) is 0 Å². The predicted octanol–water partition coefficient (Wildman–Crippen LogP) is 3.22. The zero-order valence-electron chi connectivity index (χ0n) is 47.2. The second kappa shape index (κ2) is 20.4. The van der Waals surface area contributed by atoms with Crippen molar-refractivity contribution in [2.24, 2.45) is 23.7 Å². The van der Waals surface area contributed by atoms with Crippen LogP contribution in [-0.4, -0.2) is 214 Å². The highest BCUT2D eigenvalue weighted by molar-refractivity contribution is 5.70. The van der Waals surface area contributed by atoms with Gasteiger partial charge < -0.3 is 96.6 Å². The summed E-state index contributed by atoms with van der Waals surface area (Å²) in [5, 5.41) is 54.2. The lowest BCUT2D eigenvalue weighted by Crippen LogP contribution is -2.63. The molecule has 3 spiro atoms. The largest absolute Gasteiger partial charge is 0.459 e.